The summed E-state index contributed by atoms with van der Waals surface area (Å²) in [6.07, 6.45) is 2.26. The Morgan fingerprint density at radius 3 is 2.43 bits per heavy atom. The fourth-order valence-corrected chi connectivity index (χ4v) is 3.67. The van der Waals surface area contributed by atoms with Crippen molar-refractivity contribution in [3.63, 3.8) is 0 Å². The Morgan fingerprint density at radius 2 is 2.00 bits per heavy atom. The minimum atomic E-state index is 0.0166. The van der Waals surface area contributed by atoms with Gasteiger partial charge in [-0.2, -0.15) is 11.8 Å². The lowest BCUT2D eigenvalue weighted by Crippen LogP contribution is -2.31. The van der Waals surface area contributed by atoms with Crippen molar-refractivity contribution >= 4 is 11.8 Å². The first kappa shape index (κ1) is 12.3. The van der Waals surface area contributed by atoms with Crippen LogP contribution >= 0.6 is 11.8 Å². The smallest absolute Gasteiger partial charge is 0.0752 e. The molecule has 2 nitrogen and oxygen atoms in total. The SMILES string of the molecule is CC1(C)CC(SCCCN)C(C)(C)O1. The van der Waals surface area contributed by atoms with Gasteiger partial charge in [-0.05, 0) is 52.8 Å². The lowest BCUT2D eigenvalue weighted by atomic mass is 10.0. The van der Waals surface area contributed by atoms with E-state index in [0.29, 0.717) is 5.25 Å². The van der Waals surface area contributed by atoms with E-state index in [1.54, 1.807) is 0 Å². The average Bonchev–Trinajstić information content (AvgIpc) is 2.20. The highest BCUT2D eigenvalue weighted by Gasteiger charge is 2.45. The molecule has 0 aromatic carbocycles. The molecule has 1 rings (SSSR count). The van der Waals surface area contributed by atoms with Crippen LogP contribution in [0.4, 0.5) is 0 Å². The zero-order valence-corrected chi connectivity index (χ0v) is 10.6. The second-order valence-corrected chi connectivity index (χ2v) is 6.48. The van der Waals surface area contributed by atoms with E-state index in [-0.39, 0.29) is 11.2 Å². The summed E-state index contributed by atoms with van der Waals surface area (Å²) in [5.41, 5.74) is 5.55. The molecule has 0 aliphatic carbocycles. The van der Waals surface area contributed by atoms with Gasteiger partial charge in [0.1, 0.15) is 0 Å². The van der Waals surface area contributed by atoms with Crippen molar-refractivity contribution < 1.29 is 4.74 Å². The van der Waals surface area contributed by atoms with Gasteiger partial charge in [0.2, 0.25) is 0 Å². The Bertz CT molecular complexity index is 192. The minimum Gasteiger partial charge on any atom is -0.369 e. The van der Waals surface area contributed by atoms with Crippen LogP contribution in [0.25, 0.3) is 0 Å². The summed E-state index contributed by atoms with van der Waals surface area (Å²) in [5.74, 6) is 1.16. The molecule has 0 radical (unpaired) electrons. The van der Waals surface area contributed by atoms with Crippen LogP contribution in [0.2, 0.25) is 0 Å². The molecule has 0 aromatic rings. The number of ether oxygens (including phenoxy) is 1. The first-order valence-electron chi connectivity index (χ1n) is 5.39. The molecule has 1 saturated heterocycles. The van der Waals surface area contributed by atoms with Gasteiger partial charge in [-0.15, -0.1) is 0 Å². The van der Waals surface area contributed by atoms with Gasteiger partial charge < -0.3 is 10.5 Å². The molecule has 0 aromatic heterocycles. The van der Waals surface area contributed by atoms with Crippen LogP contribution in [-0.2, 0) is 4.74 Å². The summed E-state index contributed by atoms with van der Waals surface area (Å²) in [5, 5.41) is 0.615. The maximum Gasteiger partial charge on any atom is 0.0752 e. The maximum atomic E-state index is 6.03. The zero-order chi connectivity index (χ0) is 10.8. The van der Waals surface area contributed by atoms with Crippen molar-refractivity contribution in [3.8, 4) is 0 Å². The molecular formula is C11H23NOS. The number of thioether (sulfide) groups is 1. The molecule has 3 heteroatoms. The van der Waals surface area contributed by atoms with E-state index in [2.05, 4.69) is 27.7 Å². The summed E-state index contributed by atoms with van der Waals surface area (Å²) < 4.78 is 6.03. The summed E-state index contributed by atoms with van der Waals surface area (Å²) in [7, 11) is 0. The molecule has 0 spiro atoms. The summed E-state index contributed by atoms with van der Waals surface area (Å²) in [6.45, 7) is 9.55. The quantitative estimate of drug-likeness (QED) is 0.735. The molecule has 84 valence electrons. The Hall–Kier alpha value is 0.270. The van der Waals surface area contributed by atoms with Crippen molar-refractivity contribution in [2.24, 2.45) is 5.73 Å². The first-order valence-corrected chi connectivity index (χ1v) is 6.44. The van der Waals surface area contributed by atoms with Gasteiger partial charge in [0.15, 0.2) is 0 Å². The fourth-order valence-electron chi connectivity index (χ4n) is 2.08. The van der Waals surface area contributed by atoms with Crippen LogP contribution in [0.5, 0.6) is 0 Å². The van der Waals surface area contributed by atoms with Gasteiger partial charge in [-0.1, -0.05) is 0 Å². The van der Waals surface area contributed by atoms with Crippen LogP contribution in [0.1, 0.15) is 40.5 Å². The summed E-state index contributed by atoms with van der Waals surface area (Å²) in [4.78, 5) is 0. The fraction of sp³-hybridized carbons (Fsp3) is 1.00. The van der Waals surface area contributed by atoms with Crippen LogP contribution in [-0.4, -0.2) is 28.7 Å². The van der Waals surface area contributed by atoms with Gasteiger partial charge in [-0.25, -0.2) is 0 Å². The molecule has 1 aliphatic rings. The summed E-state index contributed by atoms with van der Waals surface area (Å²) in [6, 6.07) is 0. The normalized spacial score (nSPS) is 29.4. The molecule has 1 atom stereocenters. The second-order valence-electron chi connectivity index (χ2n) is 5.17. The van der Waals surface area contributed by atoms with Crippen LogP contribution in [0, 0.1) is 0 Å². The number of nitrogens with two attached hydrogens (primary N) is 1. The Balaban J connectivity index is 2.44. The molecule has 1 heterocycles. The monoisotopic (exact) mass is 217 g/mol. The molecule has 1 aliphatic heterocycles. The highest BCUT2D eigenvalue weighted by atomic mass is 32.2. The molecule has 14 heavy (non-hydrogen) atoms. The third-order valence-electron chi connectivity index (χ3n) is 2.66. The van der Waals surface area contributed by atoms with Crippen molar-refractivity contribution in [3.05, 3.63) is 0 Å². The van der Waals surface area contributed by atoms with Crippen molar-refractivity contribution in [1.29, 1.82) is 0 Å². The molecule has 0 saturated carbocycles. The highest BCUT2D eigenvalue weighted by molar-refractivity contribution is 8.00. The lowest BCUT2D eigenvalue weighted by molar-refractivity contribution is -0.0631. The van der Waals surface area contributed by atoms with E-state index in [1.807, 2.05) is 11.8 Å². The predicted molar refractivity (Wildman–Crippen MR) is 63.8 cm³/mol. The zero-order valence-electron chi connectivity index (χ0n) is 9.80. The first-order chi connectivity index (χ1) is 6.37. The highest BCUT2D eigenvalue weighted by Crippen LogP contribution is 2.43. The maximum absolute atomic E-state index is 6.03. The van der Waals surface area contributed by atoms with Crippen molar-refractivity contribution in [2.45, 2.75) is 57.0 Å². The van der Waals surface area contributed by atoms with E-state index >= 15 is 0 Å². The molecule has 1 unspecified atom stereocenters. The third-order valence-corrected chi connectivity index (χ3v) is 4.32. The van der Waals surface area contributed by atoms with Crippen LogP contribution in [0.3, 0.4) is 0 Å². The van der Waals surface area contributed by atoms with Gasteiger partial charge >= 0.3 is 0 Å². The van der Waals surface area contributed by atoms with E-state index < -0.39 is 0 Å². The molecule has 2 N–H and O–H groups in total. The molecular weight excluding hydrogens is 194 g/mol. The van der Waals surface area contributed by atoms with Gasteiger partial charge in [0, 0.05) is 5.25 Å². The van der Waals surface area contributed by atoms with E-state index in [9.17, 15) is 0 Å². The Labute approximate surface area is 92.0 Å². The van der Waals surface area contributed by atoms with E-state index in [4.69, 9.17) is 10.5 Å². The number of hydrogen-bond donors (Lipinski definition) is 1. The third kappa shape index (κ3) is 3.14. The van der Waals surface area contributed by atoms with Crippen molar-refractivity contribution in [1.82, 2.24) is 0 Å². The minimum absolute atomic E-state index is 0.0166. The van der Waals surface area contributed by atoms with Crippen molar-refractivity contribution in [2.75, 3.05) is 12.3 Å². The number of hydrogen-bond acceptors (Lipinski definition) is 3. The van der Waals surface area contributed by atoms with Gasteiger partial charge in [0.25, 0.3) is 0 Å². The molecule has 0 amide bonds. The predicted octanol–water partition coefficient (Wildman–Crippen LogP) is 2.41. The van der Waals surface area contributed by atoms with E-state index in [0.717, 1.165) is 25.1 Å². The summed E-state index contributed by atoms with van der Waals surface area (Å²) >= 11 is 2.01. The van der Waals surface area contributed by atoms with Gasteiger partial charge in [-0.3, -0.25) is 0 Å². The van der Waals surface area contributed by atoms with E-state index in [1.165, 1.54) is 0 Å². The topological polar surface area (TPSA) is 35.2 Å². The lowest BCUT2D eigenvalue weighted by Gasteiger charge is -2.26. The Morgan fingerprint density at radius 1 is 1.36 bits per heavy atom. The van der Waals surface area contributed by atoms with Crippen LogP contribution in [0.15, 0.2) is 0 Å². The molecule has 0 bridgehead atoms. The molecule has 1 fully saturated rings. The Kier molecular flexibility index (Phi) is 3.89. The van der Waals surface area contributed by atoms with Crippen LogP contribution < -0.4 is 5.73 Å². The largest absolute Gasteiger partial charge is 0.369 e. The number of rotatable bonds is 4. The standard InChI is InChI=1S/C11H23NOS/c1-10(2)8-9(11(3,4)13-10)14-7-5-6-12/h9H,5-8,12H2,1-4H3. The van der Waals surface area contributed by atoms with Gasteiger partial charge in [0.05, 0.1) is 11.2 Å². The second kappa shape index (κ2) is 4.42. The average molecular weight is 217 g/mol.